The van der Waals surface area contributed by atoms with E-state index in [0.717, 1.165) is 54.7 Å². The second-order valence-electron chi connectivity index (χ2n) is 5.60. The number of hydrogen-bond acceptors (Lipinski definition) is 5. The first kappa shape index (κ1) is 13.3. The quantitative estimate of drug-likeness (QED) is 0.924. The lowest BCUT2D eigenvalue weighted by Crippen LogP contribution is -2.34. The minimum Gasteiger partial charge on any atom is -0.388 e. The molecule has 1 saturated heterocycles. The number of ether oxygens (including phenoxy) is 1. The molecule has 4 nitrogen and oxygen atoms in total. The number of thiazole rings is 1. The molecule has 5 heteroatoms. The Labute approximate surface area is 118 Å². The van der Waals surface area contributed by atoms with Crippen molar-refractivity contribution in [1.29, 1.82) is 0 Å². The van der Waals surface area contributed by atoms with Gasteiger partial charge in [-0.05, 0) is 38.0 Å². The van der Waals surface area contributed by atoms with E-state index in [0.29, 0.717) is 5.92 Å². The van der Waals surface area contributed by atoms with Crippen LogP contribution in [0.15, 0.2) is 0 Å². The molecule has 1 aliphatic heterocycles. The minimum atomic E-state index is -0.277. The van der Waals surface area contributed by atoms with Crippen molar-refractivity contribution < 1.29 is 9.84 Å². The van der Waals surface area contributed by atoms with Crippen LogP contribution in [0.2, 0.25) is 0 Å². The molecule has 106 valence electrons. The molecule has 2 aliphatic rings. The molecule has 1 fully saturated rings. The molecule has 1 atom stereocenters. The molecular weight excluding hydrogens is 260 g/mol. The van der Waals surface area contributed by atoms with Gasteiger partial charge < -0.3 is 14.7 Å². The molecule has 0 spiro atoms. The summed E-state index contributed by atoms with van der Waals surface area (Å²) in [5.41, 5.74) is 1.14. The number of aryl methyl sites for hydroxylation is 1. The lowest BCUT2D eigenvalue weighted by atomic mass is 9.98. The highest BCUT2D eigenvalue weighted by Gasteiger charge is 2.26. The number of aliphatic hydroxyl groups is 1. The van der Waals surface area contributed by atoms with E-state index in [2.05, 4.69) is 4.90 Å². The van der Waals surface area contributed by atoms with Crippen LogP contribution in [0.5, 0.6) is 0 Å². The summed E-state index contributed by atoms with van der Waals surface area (Å²) in [4.78, 5) is 8.24. The molecule has 1 N–H and O–H groups in total. The predicted molar refractivity (Wildman–Crippen MR) is 76.8 cm³/mol. The number of fused-ring (bicyclic) bond motifs is 1. The van der Waals surface area contributed by atoms with Gasteiger partial charge in [0.05, 0.1) is 16.7 Å². The van der Waals surface area contributed by atoms with E-state index in [1.165, 1.54) is 12.8 Å². The highest BCUT2D eigenvalue weighted by atomic mass is 32.1. The van der Waals surface area contributed by atoms with Gasteiger partial charge in [-0.15, -0.1) is 0 Å². The lowest BCUT2D eigenvalue weighted by Gasteiger charge is -2.31. The van der Waals surface area contributed by atoms with E-state index in [9.17, 15) is 5.11 Å². The summed E-state index contributed by atoms with van der Waals surface area (Å²) in [5, 5.41) is 11.1. The molecule has 0 amide bonds. The third-order valence-electron chi connectivity index (χ3n) is 4.20. The topological polar surface area (TPSA) is 45.6 Å². The number of hydrogen-bond donors (Lipinski definition) is 1. The van der Waals surface area contributed by atoms with Gasteiger partial charge in [0.15, 0.2) is 5.13 Å². The van der Waals surface area contributed by atoms with E-state index in [4.69, 9.17) is 9.72 Å². The molecule has 0 saturated carbocycles. The maximum Gasteiger partial charge on any atom is 0.185 e. The fourth-order valence-electron chi connectivity index (χ4n) is 3.05. The molecule has 1 unspecified atom stereocenters. The van der Waals surface area contributed by atoms with Crippen LogP contribution in [0, 0.1) is 5.92 Å². The summed E-state index contributed by atoms with van der Waals surface area (Å²) in [7, 11) is 1.78. The number of aliphatic hydroxyl groups excluding tert-OH is 1. The number of rotatable bonds is 3. The summed E-state index contributed by atoms with van der Waals surface area (Å²) < 4.78 is 5.24. The number of methoxy groups -OCH3 is 1. The van der Waals surface area contributed by atoms with Crippen molar-refractivity contribution in [1.82, 2.24) is 4.98 Å². The van der Waals surface area contributed by atoms with Gasteiger partial charge in [-0.1, -0.05) is 11.3 Å². The van der Waals surface area contributed by atoms with Crippen molar-refractivity contribution in [2.75, 3.05) is 31.7 Å². The van der Waals surface area contributed by atoms with Gasteiger partial charge in [0.1, 0.15) is 0 Å². The van der Waals surface area contributed by atoms with Crippen LogP contribution in [0.25, 0.3) is 0 Å². The average molecular weight is 282 g/mol. The van der Waals surface area contributed by atoms with Crippen molar-refractivity contribution >= 4 is 16.5 Å². The summed E-state index contributed by atoms with van der Waals surface area (Å²) in [6.07, 6.45) is 5.07. The monoisotopic (exact) mass is 282 g/mol. The number of aromatic nitrogens is 1. The fourth-order valence-corrected chi connectivity index (χ4v) is 4.23. The first-order valence-corrected chi connectivity index (χ1v) is 8.01. The van der Waals surface area contributed by atoms with Crippen molar-refractivity contribution in [2.45, 2.75) is 38.2 Å². The van der Waals surface area contributed by atoms with Crippen molar-refractivity contribution in [2.24, 2.45) is 5.92 Å². The molecule has 2 heterocycles. The van der Waals surface area contributed by atoms with Crippen LogP contribution in [0.3, 0.4) is 0 Å². The first-order valence-electron chi connectivity index (χ1n) is 7.19. The first-order chi connectivity index (χ1) is 9.28. The molecule has 19 heavy (non-hydrogen) atoms. The van der Waals surface area contributed by atoms with Gasteiger partial charge in [0.25, 0.3) is 0 Å². The second-order valence-corrected chi connectivity index (χ2v) is 6.61. The van der Waals surface area contributed by atoms with E-state index in [-0.39, 0.29) is 6.10 Å². The highest BCUT2D eigenvalue weighted by Crippen LogP contribution is 2.38. The Hall–Kier alpha value is -0.650. The second kappa shape index (κ2) is 5.77. The zero-order valence-electron chi connectivity index (χ0n) is 11.5. The number of anilines is 1. The van der Waals surface area contributed by atoms with Gasteiger partial charge in [0.2, 0.25) is 0 Å². The van der Waals surface area contributed by atoms with Gasteiger partial charge in [-0.3, -0.25) is 0 Å². The smallest absolute Gasteiger partial charge is 0.185 e. The summed E-state index contributed by atoms with van der Waals surface area (Å²) >= 11 is 1.70. The Morgan fingerprint density at radius 3 is 2.84 bits per heavy atom. The largest absolute Gasteiger partial charge is 0.388 e. The molecule has 0 radical (unpaired) electrons. The molecular formula is C14H22N2O2S. The van der Waals surface area contributed by atoms with Crippen LogP contribution in [-0.2, 0) is 11.2 Å². The maximum atomic E-state index is 10.0. The SMILES string of the molecule is COCC1CCN(c2nc3c(s2)C(O)CCC3)CC1. The molecule has 1 aromatic heterocycles. The third kappa shape index (κ3) is 2.78. The van der Waals surface area contributed by atoms with Crippen LogP contribution in [-0.4, -0.2) is 36.9 Å². The Morgan fingerprint density at radius 2 is 2.16 bits per heavy atom. The fraction of sp³-hybridized carbons (Fsp3) is 0.786. The summed E-state index contributed by atoms with van der Waals surface area (Å²) in [6, 6.07) is 0. The molecule has 1 aromatic rings. The van der Waals surface area contributed by atoms with E-state index >= 15 is 0 Å². The molecule has 0 bridgehead atoms. The van der Waals surface area contributed by atoms with E-state index in [1.807, 2.05) is 0 Å². The average Bonchev–Trinajstić information content (AvgIpc) is 2.85. The van der Waals surface area contributed by atoms with E-state index < -0.39 is 0 Å². The predicted octanol–water partition coefficient (Wildman–Crippen LogP) is 2.38. The Bertz CT molecular complexity index is 427. The standard InChI is InChI=1S/C14H22N2O2S/c1-18-9-10-5-7-16(8-6-10)14-15-11-3-2-4-12(17)13(11)19-14/h10,12,17H,2-9H2,1H3. The summed E-state index contributed by atoms with van der Waals surface area (Å²) in [5.74, 6) is 0.696. The van der Waals surface area contributed by atoms with Crippen LogP contribution < -0.4 is 4.90 Å². The zero-order valence-corrected chi connectivity index (χ0v) is 12.3. The Balaban J connectivity index is 1.67. The van der Waals surface area contributed by atoms with Crippen molar-refractivity contribution in [3.63, 3.8) is 0 Å². The van der Waals surface area contributed by atoms with Gasteiger partial charge >= 0.3 is 0 Å². The number of nitrogens with zero attached hydrogens (tertiary/aromatic N) is 2. The lowest BCUT2D eigenvalue weighted by molar-refractivity contribution is 0.139. The maximum absolute atomic E-state index is 10.0. The molecule has 0 aromatic carbocycles. The van der Waals surface area contributed by atoms with E-state index in [1.54, 1.807) is 18.4 Å². The van der Waals surface area contributed by atoms with Crippen molar-refractivity contribution in [3.8, 4) is 0 Å². The van der Waals surface area contributed by atoms with Gasteiger partial charge in [0, 0.05) is 26.8 Å². The van der Waals surface area contributed by atoms with Gasteiger partial charge in [-0.25, -0.2) is 4.98 Å². The minimum absolute atomic E-state index is 0.277. The van der Waals surface area contributed by atoms with Crippen LogP contribution in [0.4, 0.5) is 5.13 Å². The number of piperidine rings is 1. The molecule has 3 rings (SSSR count). The third-order valence-corrected chi connectivity index (χ3v) is 5.46. The highest BCUT2D eigenvalue weighted by molar-refractivity contribution is 7.15. The Kier molecular flexibility index (Phi) is 4.05. The van der Waals surface area contributed by atoms with Gasteiger partial charge in [-0.2, -0.15) is 0 Å². The summed E-state index contributed by atoms with van der Waals surface area (Å²) in [6.45, 7) is 3.01. The van der Waals surface area contributed by atoms with Crippen molar-refractivity contribution in [3.05, 3.63) is 10.6 Å². The zero-order chi connectivity index (χ0) is 13.2. The van der Waals surface area contributed by atoms with Crippen LogP contribution in [0.1, 0.15) is 42.4 Å². The van der Waals surface area contributed by atoms with Crippen LogP contribution >= 0.6 is 11.3 Å². The Morgan fingerprint density at radius 1 is 1.37 bits per heavy atom. The normalized spacial score (nSPS) is 24.5. The molecule has 1 aliphatic carbocycles.